The fourth-order valence-electron chi connectivity index (χ4n) is 1.39. The van der Waals surface area contributed by atoms with Gasteiger partial charge in [0.1, 0.15) is 0 Å². The molecule has 0 aliphatic carbocycles. The molecule has 0 radical (unpaired) electrons. The molecule has 21 heavy (non-hydrogen) atoms. The predicted molar refractivity (Wildman–Crippen MR) is 71.7 cm³/mol. The van der Waals surface area contributed by atoms with Crippen LogP contribution in [-0.2, 0) is 19.0 Å². The first-order chi connectivity index (χ1) is 9.95. The van der Waals surface area contributed by atoms with E-state index in [-0.39, 0.29) is 24.3 Å². The highest BCUT2D eigenvalue weighted by Gasteiger charge is 2.27. The maximum Gasteiger partial charge on any atom is 0.376 e. The standard InChI is InChI=1S/C13H17NO7/c1-9(2)20-12(15)13(19-8-18-3)21-11-7-5-4-6-10(11)14(16)17/h4-7,9,13H,8H2,1-3H3. The lowest BCUT2D eigenvalue weighted by Gasteiger charge is -2.19. The first-order valence-electron chi connectivity index (χ1n) is 6.16. The van der Waals surface area contributed by atoms with Gasteiger partial charge in [-0.1, -0.05) is 12.1 Å². The normalized spacial score (nSPS) is 12.0. The Morgan fingerprint density at radius 2 is 2.00 bits per heavy atom. The predicted octanol–water partition coefficient (Wildman–Crippen LogP) is 1.87. The van der Waals surface area contributed by atoms with Crippen molar-refractivity contribution in [2.75, 3.05) is 13.9 Å². The average molecular weight is 299 g/mol. The third kappa shape index (κ3) is 5.36. The molecule has 0 aromatic heterocycles. The van der Waals surface area contributed by atoms with Gasteiger partial charge in [0.25, 0.3) is 0 Å². The molecule has 1 atom stereocenters. The molecule has 1 rings (SSSR count). The van der Waals surface area contributed by atoms with Crippen molar-refractivity contribution in [2.45, 2.75) is 26.2 Å². The second-order valence-electron chi connectivity index (χ2n) is 4.23. The van der Waals surface area contributed by atoms with E-state index in [9.17, 15) is 14.9 Å². The van der Waals surface area contributed by atoms with E-state index >= 15 is 0 Å². The van der Waals surface area contributed by atoms with Crippen LogP contribution in [0.1, 0.15) is 13.8 Å². The quantitative estimate of drug-likeness (QED) is 0.313. The van der Waals surface area contributed by atoms with Gasteiger partial charge in [-0.25, -0.2) is 4.79 Å². The third-order valence-electron chi connectivity index (χ3n) is 2.18. The van der Waals surface area contributed by atoms with Crippen LogP contribution in [0, 0.1) is 10.1 Å². The van der Waals surface area contributed by atoms with E-state index in [1.54, 1.807) is 19.9 Å². The fraction of sp³-hybridized carbons (Fsp3) is 0.462. The van der Waals surface area contributed by atoms with E-state index in [0.717, 1.165) is 0 Å². The fourth-order valence-corrected chi connectivity index (χ4v) is 1.39. The maximum absolute atomic E-state index is 11.8. The summed E-state index contributed by atoms with van der Waals surface area (Å²) in [5.74, 6) is -0.885. The van der Waals surface area contributed by atoms with E-state index < -0.39 is 17.2 Å². The molecule has 8 nitrogen and oxygen atoms in total. The summed E-state index contributed by atoms with van der Waals surface area (Å²) in [6.07, 6.45) is -1.83. The Balaban J connectivity index is 2.90. The van der Waals surface area contributed by atoms with Gasteiger partial charge in [-0.15, -0.1) is 0 Å². The van der Waals surface area contributed by atoms with Crippen LogP contribution >= 0.6 is 0 Å². The minimum Gasteiger partial charge on any atom is -0.458 e. The minimum atomic E-state index is -1.45. The van der Waals surface area contributed by atoms with Gasteiger partial charge in [0, 0.05) is 13.2 Å². The monoisotopic (exact) mass is 299 g/mol. The molecule has 1 aromatic rings. The molecule has 0 saturated heterocycles. The van der Waals surface area contributed by atoms with Gasteiger partial charge in [0.15, 0.2) is 6.79 Å². The number of esters is 1. The number of benzene rings is 1. The molecule has 1 unspecified atom stereocenters. The van der Waals surface area contributed by atoms with Crippen LogP contribution in [0.15, 0.2) is 24.3 Å². The molecular formula is C13H17NO7. The summed E-state index contributed by atoms with van der Waals surface area (Å²) in [5, 5.41) is 10.9. The number of para-hydroxylation sites is 2. The number of carbonyl (C=O) groups is 1. The van der Waals surface area contributed by atoms with Gasteiger partial charge in [-0.05, 0) is 19.9 Å². The molecule has 0 amide bonds. The van der Waals surface area contributed by atoms with Crippen LogP contribution < -0.4 is 4.74 Å². The lowest BCUT2D eigenvalue weighted by Crippen LogP contribution is -2.34. The van der Waals surface area contributed by atoms with Gasteiger partial charge in [-0.2, -0.15) is 0 Å². The smallest absolute Gasteiger partial charge is 0.376 e. The van der Waals surface area contributed by atoms with Gasteiger partial charge in [-0.3, -0.25) is 10.1 Å². The van der Waals surface area contributed by atoms with Gasteiger partial charge < -0.3 is 18.9 Å². The summed E-state index contributed by atoms with van der Waals surface area (Å²) in [5.41, 5.74) is -0.277. The Labute approximate surface area is 121 Å². The molecule has 8 heteroatoms. The van der Waals surface area contributed by atoms with Crippen molar-refractivity contribution in [2.24, 2.45) is 0 Å². The van der Waals surface area contributed by atoms with Gasteiger partial charge in [0.2, 0.25) is 5.75 Å². The van der Waals surface area contributed by atoms with E-state index in [2.05, 4.69) is 0 Å². The number of nitrogens with zero attached hydrogens (tertiary/aromatic N) is 1. The van der Waals surface area contributed by atoms with E-state index in [1.165, 1.54) is 25.3 Å². The van der Waals surface area contributed by atoms with Crippen molar-refractivity contribution >= 4 is 11.7 Å². The first kappa shape index (κ1) is 16.9. The lowest BCUT2D eigenvalue weighted by molar-refractivity contribution is -0.386. The Kier molecular flexibility index (Phi) is 6.57. The van der Waals surface area contributed by atoms with Crippen LogP contribution in [0.2, 0.25) is 0 Å². The molecule has 0 heterocycles. The summed E-state index contributed by atoms with van der Waals surface area (Å²) in [4.78, 5) is 22.1. The first-order valence-corrected chi connectivity index (χ1v) is 6.16. The maximum atomic E-state index is 11.8. The summed E-state index contributed by atoms with van der Waals surface area (Å²) < 4.78 is 20.0. The largest absolute Gasteiger partial charge is 0.458 e. The van der Waals surface area contributed by atoms with Crippen molar-refractivity contribution in [3.8, 4) is 5.75 Å². The summed E-state index contributed by atoms with van der Waals surface area (Å²) >= 11 is 0. The van der Waals surface area contributed by atoms with Crippen molar-refractivity contribution < 1.29 is 28.7 Å². The van der Waals surface area contributed by atoms with Crippen LogP contribution in [0.3, 0.4) is 0 Å². The zero-order chi connectivity index (χ0) is 15.8. The average Bonchev–Trinajstić information content (AvgIpc) is 2.42. The van der Waals surface area contributed by atoms with Crippen molar-refractivity contribution in [1.82, 2.24) is 0 Å². The number of ether oxygens (including phenoxy) is 4. The highest BCUT2D eigenvalue weighted by molar-refractivity contribution is 5.74. The second-order valence-corrected chi connectivity index (χ2v) is 4.23. The molecule has 0 aliphatic rings. The highest BCUT2D eigenvalue weighted by Crippen LogP contribution is 2.27. The molecule has 0 saturated carbocycles. The number of carbonyl (C=O) groups excluding carboxylic acids is 1. The zero-order valence-electron chi connectivity index (χ0n) is 12.0. The van der Waals surface area contributed by atoms with Crippen LogP contribution in [-0.4, -0.2) is 37.2 Å². The molecule has 0 aliphatic heterocycles. The second kappa shape index (κ2) is 8.18. The van der Waals surface area contributed by atoms with Crippen molar-refractivity contribution in [1.29, 1.82) is 0 Å². The van der Waals surface area contributed by atoms with Gasteiger partial charge in [0.05, 0.1) is 11.0 Å². The molecule has 1 aromatic carbocycles. The SMILES string of the molecule is COCOC(Oc1ccccc1[N+](=O)[O-])C(=O)OC(C)C. The van der Waals surface area contributed by atoms with E-state index in [0.29, 0.717) is 0 Å². The van der Waals surface area contributed by atoms with Gasteiger partial charge >= 0.3 is 17.9 Å². The molecular weight excluding hydrogens is 282 g/mol. The summed E-state index contributed by atoms with van der Waals surface area (Å²) in [6, 6.07) is 5.66. The Hall–Kier alpha value is -2.19. The van der Waals surface area contributed by atoms with Crippen LogP contribution in [0.5, 0.6) is 5.75 Å². The number of rotatable bonds is 8. The topological polar surface area (TPSA) is 97.1 Å². The number of hydrogen-bond acceptors (Lipinski definition) is 7. The lowest BCUT2D eigenvalue weighted by atomic mass is 10.3. The molecule has 116 valence electrons. The number of methoxy groups -OCH3 is 1. The number of nitro groups is 1. The van der Waals surface area contributed by atoms with E-state index in [1.807, 2.05) is 0 Å². The molecule has 0 N–H and O–H groups in total. The molecule has 0 bridgehead atoms. The zero-order valence-corrected chi connectivity index (χ0v) is 12.0. The van der Waals surface area contributed by atoms with Crippen molar-refractivity contribution in [3.05, 3.63) is 34.4 Å². The summed E-state index contributed by atoms with van der Waals surface area (Å²) in [6.45, 7) is 3.10. The Morgan fingerprint density at radius 3 is 2.57 bits per heavy atom. The van der Waals surface area contributed by atoms with Crippen LogP contribution in [0.4, 0.5) is 5.69 Å². The highest BCUT2D eigenvalue weighted by atomic mass is 16.8. The van der Waals surface area contributed by atoms with Crippen molar-refractivity contribution in [3.63, 3.8) is 0 Å². The third-order valence-corrected chi connectivity index (χ3v) is 2.18. The van der Waals surface area contributed by atoms with E-state index in [4.69, 9.17) is 18.9 Å². The number of hydrogen-bond donors (Lipinski definition) is 0. The Morgan fingerprint density at radius 1 is 1.33 bits per heavy atom. The number of nitro benzene ring substituents is 1. The molecule has 0 spiro atoms. The molecule has 0 fully saturated rings. The van der Waals surface area contributed by atoms with Crippen LogP contribution in [0.25, 0.3) is 0 Å². The minimum absolute atomic E-state index is 0.0932. The summed E-state index contributed by atoms with van der Waals surface area (Å²) in [7, 11) is 1.37. The Bertz CT molecular complexity index is 489.